The standard InChI is InChI=1S/C14H25N3O3S/c1-4-17(5-2)10-6-9-16-21(18,19)14-8-7-12(15)11-13(14)20-3/h7-8,11,16H,4-6,9-10,15H2,1-3H3. The Balaban J connectivity index is 2.66. The molecule has 0 saturated carbocycles. The number of nitrogens with one attached hydrogen (secondary N) is 1. The Labute approximate surface area is 127 Å². The smallest absolute Gasteiger partial charge is 0.244 e. The van der Waals surface area contributed by atoms with E-state index in [-0.39, 0.29) is 10.6 Å². The number of hydrogen-bond acceptors (Lipinski definition) is 5. The number of sulfonamides is 1. The van der Waals surface area contributed by atoms with E-state index in [4.69, 9.17) is 10.5 Å². The summed E-state index contributed by atoms with van der Waals surface area (Å²) in [6.45, 7) is 7.38. The first kappa shape index (κ1) is 17.7. The molecule has 0 atom stereocenters. The van der Waals surface area contributed by atoms with E-state index in [0.717, 1.165) is 26.1 Å². The van der Waals surface area contributed by atoms with Crippen molar-refractivity contribution in [3.8, 4) is 5.75 Å². The van der Waals surface area contributed by atoms with Crippen molar-refractivity contribution in [3.05, 3.63) is 18.2 Å². The Morgan fingerprint density at radius 3 is 2.52 bits per heavy atom. The largest absolute Gasteiger partial charge is 0.495 e. The van der Waals surface area contributed by atoms with E-state index in [1.54, 1.807) is 6.07 Å². The lowest BCUT2D eigenvalue weighted by molar-refractivity contribution is 0.300. The highest BCUT2D eigenvalue weighted by atomic mass is 32.2. The molecular formula is C14H25N3O3S. The summed E-state index contributed by atoms with van der Waals surface area (Å²) in [6, 6.07) is 4.51. The van der Waals surface area contributed by atoms with Crippen molar-refractivity contribution in [2.24, 2.45) is 0 Å². The summed E-state index contributed by atoms with van der Waals surface area (Å²) >= 11 is 0. The lowest BCUT2D eigenvalue weighted by atomic mass is 10.3. The third-order valence-electron chi connectivity index (χ3n) is 3.31. The van der Waals surface area contributed by atoms with E-state index in [1.165, 1.54) is 19.2 Å². The van der Waals surface area contributed by atoms with Gasteiger partial charge in [0.15, 0.2) is 0 Å². The summed E-state index contributed by atoms with van der Waals surface area (Å²) in [5, 5.41) is 0. The molecular weight excluding hydrogens is 290 g/mol. The fourth-order valence-electron chi connectivity index (χ4n) is 2.03. The number of anilines is 1. The zero-order valence-corrected chi connectivity index (χ0v) is 13.7. The second kappa shape index (κ2) is 8.21. The molecule has 0 amide bonds. The van der Waals surface area contributed by atoms with Crippen LogP contribution in [0.4, 0.5) is 5.69 Å². The summed E-state index contributed by atoms with van der Waals surface area (Å²) < 4.78 is 32.2. The van der Waals surface area contributed by atoms with Gasteiger partial charge in [0, 0.05) is 18.3 Å². The van der Waals surface area contributed by atoms with Crippen LogP contribution in [0.2, 0.25) is 0 Å². The van der Waals surface area contributed by atoms with E-state index in [2.05, 4.69) is 23.5 Å². The van der Waals surface area contributed by atoms with Crippen LogP contribution in [0, 0.1) is 0 Å². The fourth-order valence-corrected chi connectivity index (χ4v) is 3.26. The van der Waals surface area contributed by atoms with E-state index in [9.17, 15) is 8.42 Å². The molecule has 0 aliphatic rings. The normalized spacial score (nSPS) is 11.8. The van der Waals surface area contributed by atoms with Crippen molar-refractivity contribution < 1.29 is 13.2 Å². The molecule has 7 heteroatoms. The molecule has 0 radical (unpaired) electrons. The highest BCUT2D eigenvalue weighted by molar-refractivity contribution is 7.89. The molecule has 0 aliphatic carbocycles. The molecule has 0 aliphatic heterocycles. The van der Waals surface area contributed by atoms with Gasteiger partial charge in [0.2, 0.25) is 10.0 Å². The average molecular weight is 315 g/mol. The number of nitrogens with zero attached hydrogens (tertiary/aromatic N) is 1. The van der Waals surface area contributed by atoms with Crippen molar-refractivity contribution in [1.82, 2.24) is 9.62 Å². The first-order valence-corrected chi connectivity index (χ1v) is 8.58. The van der Waals surface area contributed by atoms with Crippen LogP contribution >= 0.6 is 0 Å². The zero-order chi connectivity index (χ0) is 15.9. The minimum Gasteiger partial charge on any atom is -0.495 e. The van der Waals surface area contributed by atoms with Crippen molar-refractivity contribution in [3.63, 3.8) is 0 Å². The van der Waals surface area contributed by atoms with E-state index in [0.29, 0.717) is 12.2 Å². The van der Waals surface area contributed by atoms with Crippen LogP contribution in [0.5, 0.6) is 5.75 Å². The summed E-state index contributed by atoms with van der Waals surface area (Å²) in [6.07, 6.45) is 0.762. The Morgan fingerprint density at radius 1 is 1.29 bits per heavy atom. The van der Waals surface area contributed by atoms with Crippen LogP contribution in [0.1, 0.15) is 20.3 Å². The number of methoxy groups -OCH3 is 1. The molecule has 0 fully saturated rings. The quantitative estimate of drug-likeness (QED) is 0.530. The van der Waals surface area contributed by atoms with Crippen molar-refractivity contribution in [2.75, 3.05) is 39.0 Å². The van der Waals surface area contributed by atoms with Gasteiger partial charge in [-0.2, -0.15) is 0 Å². The molecule has 0 spiro atoms. The predicted molar refractivity (Wildman–Crippen MR) is 85.0 cm³/mol. The summed E-state index contributed by atoms with van der Waals surface area (Å²) in [7, 11) is -2.16. The minimum atomic E-state index is -3.58. The molecule has 0 unspecified atom stereocenters. The average Bonchev–Trinajstić information content (AvgIpc) is 2.47. The number of nitrogens with two attached hydrogens (primary N) is 1. The molecule has 1 aromatic rings. The number of ether oxygens (including phenoxy) is 1. The Bertz CT molecular complexity index is 542. The first-order valence-electron chi connectivity index (χ1n) is 7.10. The van der Waals surface area contributed by atoms with Gasteiger partial charge in [-0.1, -0.05) is 13.8 Å². The SMILES string of the molecule is CCN(CC)CCCNS(=O)(=O)c1ccc(N)cc1OC. The number of benzene rings is 1. The van der Waals surface area contributed by atoms with Gasteiger partial charge in [0.25, 0.3) is 0 Å². The Hall–Kier alpha value is -1.31. The highest BCUT2D eigenvalue weighted by Crippen LogP contribution is 2.25. The molecule has 120 valence electrons. The monoisotopic (exact) mass is 315 g/mol. The second-order valence-electron chi connectivity index (χ2n) is 4.69. The summed E-state index contributed by atoms with van der Waals surface area (Å²) in [5.41, 5.74) is 6.10. The third-order valence-corrected chi connectivity index (χ3v) is 4.82. The molecule has 21 heavy (non-hydrogen) atoms. The number of nitrogen functional groups attached to an aromatic ring is 1. The molecule has 6 nitrogen and oxygen atoms in total. The molecule has 0 aromatic heterocycles. The van der Waals surface area contributed by atoms with Crippen LogP contribution in [0.3, 0.4) is 0 Å². The van der Waals surface area contributed by atoms with Gasteiger partial charge in [0.05, 0.1) is 7.11 Å². The Morgan fingerprint density at radius 2 is 1.95 bits per heavy atom. The fraction of sp³-hybridized carbons (Fsp3) is 0.571. The molecule has 0 saturated heterocycles. The number of hydrogen-bond donors (Lipinski definition) is 2. The van der Waals surface area contributed by atoms with Gasteiger partial charge in [-0.25, -0.2) is 13.1 Å². The zero-order valence-electron chi connectivity index (χ0n) is 12.9. The van der Waals surface area contributed by atoms with Crippen molar-refractivity contribution in [2.45, 2.75) is 25.2 Å². The van der Waals surface area contributed by atoms with Crippen LogP contribution in [0.25, 0.3) is 0 Å². The van der Waals surface area contributed by atoms with Gasteiger partial charge >= 0.3 is 0 Å². The maximum Gasteiger partial charge on any atom is 0.244 e. The molecule has 3 N–H and O–H groups in total. The van der Waals surface area contributed by atoms with Crippen LogP contribution in [0.15, 0.2) is 23.1 Å². The number of rotatable bonds is 9. The predicted octanol–water partition coefficient (Wildman–Crippen LogP) is 1.29. The van der Waals surface area contributed by atoms with Crippen LogP contribution < -0.4 is 15.2 Å². The first-order chi connectivity index (χ1) is 9.94. The molecule has 1 aromatic carbocycles. The molecule has 0 bridgehead atoms. The van der Waals surface area contributed by atoms with E-state index in [1.807, 2.05) is 0 Å². The van der Waals surface area contributed by atoms with Gasteiger partial charge in [-0.05, 0) is 38.2 Å². The molecule has 0 heterocycles. The van der Waals surface area contributed by atoms with Crippen LogP contribution in [-0.4, -0.2) is 46.6 Å². The lowest BCUT2D eigenvalue weighted by Gasteiger charge is -2.18. The summed E-state index contributed by atoms with van der Waals surface area (Å²) in [4.78, 5) is 2.36. The van der Waals surface area contributed by atoms with Gasteiger partial charge in [0.1, 0.15) is 10.6 Å². The van der Waals surface area contributed by atoms with Crippen LogP contribution in [-0.2, 0) is 10.0 Å². The highest BCUT2D eigenvalue weighted by Gasteiger charge is 2.19. The maximum atomic E-state index is 12.3. The van der Waals surface area contributed by atoms with E-state index < -0.39 is 10.0 Å². The van der Waals surface area contributed by atoms with Gasteiger partial charge in [-0.3, -0.25) is 0 Å². The lowest BCUT2D eigenvalue weighted by Crippen LogP contribution is -2.30. The van der Waals surface area contributed by atoms with Gasteiger partial charge < -0.3 is 15.4 Å². The Kier molecular flexibility index (Phi) is 6.94. The molecule has 1 rings (SSSR count). The van der Waals surface area contributed by atoms with Crippen molar-refractivity contribution in [1.29, 1.82) is 0 Å². The maximum absolute atomic E-state index is 12.3. The summed E-state index contributed by atoms with van der Waals surface area (Å²) in [5.74, 6) is 0.256. The van der Waals surface area contributed by atoms with Gasteiger partial charge in [-0.15, -0.1) is 0 Å². The van der Waals surface area contributed by atoms with E-state index >= 15 is 0 Å². The second-order valence-corrected chi connectivity index (χ2v) is 6.42. The third kappa shape index (κ3) is 5.18. The topological polar surface area (TPSA) is 84.7 Å². The van der Waals surface area contributed by atoms with Crippen molar-refractivity contribution >= 4 is 15.7 Å². The minimum absolute atomic E-state index is 0.113.